The maximum atomic E-state index is 14.0. The fourth-order valence-corrected chi connectivity index (χ4v) is 10.7. The molecule has 38 nitrogen and oxygen atoms in total. The number of unbranched alkanes of at least 4 members (excludes halogenated alkanes) is 6. The molecule has 11 amide bonds. The number of benzene rings is 1. The molecule has 1 aromatic heterocycles. The van der Waals surface area contributed by atoms with Gasteiger partial charge in [-0.15, -0.1) is 0 Å². The number of fused-ring (bicyclic) bond motifs is 1. The van der Waals surface area contributed by atoms with Crippen LogP contribution in [0.25, 0.3) is 23.9 Å². The molecule has 0 saturated carbocycles. The molecule has 2 aromatic rings. The summed E-state index contributed by atoms with van der Waals surface area (Å²) in [4.78, 5) is 163. The average molecular weight is 1470 g/mol. The molecule has 2 rings (SSSR count). The predicted molar refractivity (Wildman–Crippen MR) is 397 cm³/mol. The minimum atomic E-state index is -1.35. The van der Waals surface area contributed by atoms with Crippen molar-refractivity contribution in [3.63, 3.8) is 0 Å². The number of rotatable bonds is 51. The third kappa shape index (κ3) is 33.4. The van der Waals surface area contributed by atoms with Crippen molar-refractivity contribution in [1.82, 2.24) is 57.7 Å². The fourth-order valence-electron chi connectivity index (χ4n) is 10.7. The third-order valence-electron chi connectivity index (χ3n) is 16.8. The van der Waals surface area contributed by atoms with Crippen LogP contribution in [0.2, 0.25) is 0 Å². The zero-order chi connectivity index (χ0) is 78.2. The summed E-state index contributed by atoms with van der Waals surface area (Å²) in [5.74, 6) is -8.67. The van der Waals surface area contributed by atoms with Gasteiger partial charge in [0, 0.05) is 52.1 Å². The van der Waals surface area contributed by atoms with Crippen molar-refractivity contribution in [2.24, 2.45) is 77.3 Å². The van der Waals surface area contributed by atoms with E-state index in [1.807, 2.05) is 13.8 Å². The van der Waals surface area contributed by atoms with E-state index in [4.69, 9.17) is 57.3 Å². The SMILES string of the molecule is C=c1c(C)c(C)c(=C)c2c(O)n(CC(=O)NCCCCCC(=O)NC(CCCCN=C(N)N)C(=O)NCCCCCC(=O)NC(CCCN=C(N)N)C(=O)NC(C)C(=O)NC(CCCN=C(N)N)C(=O)NC(C)C(=O)NC(CCCN=C(N)N)C(=O)NC(C)C(=O)NC(CCCCN)C(N)=O)c(O)c12. The Kier molecular flexibility index (Phi) is 40.8. The Morgan fingerprint density at radius 3 is 1.09 bits per heavy atom. The first kappa shape index (κ1) is 89.4. The molecule has 0 bridgehead atoms. The topological polar surface area (TPSA) is 663 Å². The quantitative estimate of drug-likeness (QED) is 0.0167. The number of aromatic hydroxyl groups is 2. The van der Waals surface area contributed by atoms with Crippen molar-refractivity contribution in [1.29, 1.82) is 0 Å². The minimum absolute atomic E-state index is 0.0294. The van der Waals surface area contributed by atoms with Crippen LogP contribution in [0.5, 0.6) is 11.8 Å². The smallest absolute Gasteiger partial charge is 0.243 e. The van der Waals surface area contributed by atoms with Crippen LogP contribution >= 0.6 is 0 Å². The molecule has 0 aliphatic heterocycles. The molecule has 582 valence electrons. The lowest BCUT2D eigenvalue weighted by molar-refractivity contribution is -0.135. The molecule has 104 heavy (non-hydrogen) atoms. The van der Waals surface area contributed by atoms with Gasteiger partial charge in [-0.3, -0.25) is 77.3 Å². The predicted octanol–water partition coefficient (Wildman–Crippen LogP) is -6.00. The highest BCUT2D eigenvalue weighted by molar-refractivity contribution is 5.98. The number of carbonyl (C=O) groups excluding carboxylic acids is 11. The molecule has 8 unspecified atom stereocenters. The highest BCUT2D eigenvalue weighted by Crippen LogP contribution is 2.32. The number of aromatic nitrogens is 1. The molecule has 1 heterocycles. The van der Waals surface area contributed by atoms with E-state index in [2.05, 4.69) is 86.3 Å². The van der Waals surface area contributed by atoms with Crippen molar-refractivity contribution < 1.29 is 63.0 Å². The van der Waals surface area contributed by atoms with Gasteiger partial charge >= 0.3 is 0 Å². The summed E-state index contributed by atoms with van der Waals surface area (Å²) >= 11 is 0. The molecule has 0 saturated heterocycles. The summed E-state index contributed by atoms with van der Waals surface area (Å²) in [6.07, 6.45) is 5.89. The Bertz CT molecular complexity index is 3390. The molecule has 0 aliphatic carbocycles. The van der Waals surface area contributed by atoms with E-state index in [1.165, 1.54) is 20.8 Å². The molecule has 0 radical (unpaired) electrons. The fraction of sp³-hybridized carbons (Fsp3) is 0.621. The van der Waals surface area contributed by atoms with Gasteiger partial charge in [0.2, 0.25) is 76.7 Å². The van der Waals surface area contributed by atoms with Crippen molar-refractivity contribution in [3.05, 3.63) is 21.6 Å². The first-order valence-corrected chi connectivity index (χ1v) is 35.0. The first-order valence-electron chi connectivity index (χ1n) is 35.0. The van der Waals surface area contributed by atoms with E-state index < -0.39 is 107 Å². The molecule has 0 fully saturated rings. The summed E-state index contributed by atoms with van der Waals surface area (Å²) in [6, 6.07) is -9.65. The zero-order valence-corrected chi connectivity index (χ0v) is 60.7. The second-order valence-corrected chi connectivity index (χ2v) is 25.4. The van der Waals surface area contributed by atoms with E-state index in [0.717, 1.165) is 15.7 Å². The Morgan fingerprint density at radius 1 is 0.385 bits per heavy atom. The Balaban J connectivity index is 2.06. The minimum Gasteiger partial charge on any atom is -0.494 e. The van der Waals surface area contributed by atoms with Gasteiger partial charge in [0.25, 0.3) is 0 Å². The maximum absolute atomic E-state index is 14.0. The van der Waals surface area contributed by atoms with Crippen LogP contribution in [0.4, 0.5) is 0 Å². The van der Waals surface area contributed by atoms with Crippen molar-refractivity contribution in [2.45, 2.75) is 218 Å². The lowest BCUT2D eigenvalue weighted by Gasteiger charge is -2.26. The summed E-state index contributed by atoms with van der Waals surface area (Å²) in [5.41, 5.74) is 56.6. The van der Waals surface area contributed by atoms with Gasteiger partial charge in [-0.05, 0) is 165 Å². The molecule has 38 heteroatoms. The van der Waals surface area contributed by atoms with E-state index in [0.29, 0.717) is 98.5 Å². The molecule has 32 N–H and O–H groups in total. The van der Waals surface area contributed by atoms with Crippen molar-refractivity contribution in [2.75, 3.05) is 45.8 Å². The van der Waals surface area contributed by atoms with Gasteiger partial charge in [-0.1, -0.05) is 26.0 Å². The van der Waals surface area contributed by atoms with Crippen LogP contribution in [0.3, 0.4) is 0 Å². The zero-order valence-electron chi connectivity index (χ0n) is 60.7. The molecule has 8 atom stereocenters. The van der Waals surface area contributed by atoms with Crippen molar-refractivity contribution >= 4 is 113 Å². The number of nitrogens with two attached hydrogens (primary N) is 10. The number of nitrogens with one attached hydrogen (secondary N) is 10. The maximum Gasteiger partial charge on any atom is 0.243 e. The number of aliphatic imine (C=N–C) groups is 4. The number of primary amides is 1. The highest BCUT2D eigenvalue weighted by atomic mass is 16.3. The van der Waals surface area contributed by atoms with Gasteiger partial charge in [0.1, 0.15) is 54.9 Å². The lowest BCUT2D eigenvalue weighted by Crippen LogP contribution is -2.59. The van der Waals surface area contributed by atoms with Crippen LogP contribution in [0, 0.1) is 13.8 Å². The molecule has 1 aromatic carbocycles. The highest BCUT2D eigenvalue weighted by Gasteiger charge is 2.32. The second kappa shape index (κ2) is 47.5. The van der Waals surface area contributed by atoms with E-state index in [1.54, 1.807) is 0 Å². The number of hydrogen-bond donors (Lipinski definition) is 22. The monoisotopic (exact) mass is 1470 g/mol. The number of guanidine groups is 4. The summed E-state index contributed by atoms with van der Waals surface area (Å²) in [6.45, 7) is 16.8. The van der Waals surface area contributed by atoms with Crippen LogP contribution in [0.15, 0.2) is 20.0 Å². The Hall–Kier alpha value is -10.7. The van der Waals surface area contributed by atoms with E-state index in [-0.39, 0.29) is 145 Å². The van der Waals surface area contributed by atoms with Crippen LogP contribution in [0.1, 0.15) is 160 Å². The van der Waals surface area contributed by atoms with Gasteiger partial charge in [-0.25, -0.2) is 0 Å². The van der Waals surface area contributed by atoms with Gasteiger partial charge in [-0.2, -0.15) is 0 Å². The number of amides is 11. The second-order valence-electron chi connectivity index (χ2n) is 25.4. The van der Waals surface area contributed by atoms with Crippen LogP contribution < -0.4 is 121 Å². The lowest BCUT2D eigenvalue weighted by atomic mass is 10.0. The largest absolute Gasteiger partial charge is 0.494 e. The number of carbonyl (C=O) groups is 11. The van der Waals surface area contributed by atoms with E-state index in [9.17, 15) is 63.0 Å². The first-order chi connectivity index (χ1) is 49.1. The van der Waals surface area contributed by atoms with Gasteiger partial charge in [0.05, 0.1) is 10.8 Å². The summed E-state index contributed by atoms with van der Waals surface area (Å²) < 4.78 is 1.11. The van der Waals surface area contributed by atoms with E-state index >= 15 is 0 Å². The summed E-state index contributed by atoms with van der Waals surface area (Å²) in [7, 11) is 0. The third-order valence-corrected chi connectivity index (χ3v) is 16.8. The Labute approximate surface area is 605 Å². The van der Waals surface area contributed by atoms with Crippen LogP contribution in [-0.4, -0.2) is 198 Å². The average Bonchev–Trinajstić information content (AvgIpc) is 1.59. The van der Waals surface area contributed by atoms with Gasteiger partial charge < -0.3 is 121 Å². The van der Waals surface area contributed by atoms with Crippen molar-refractivity contribution in [3.8, 4) is 11.8 Å². The molecule has 0 aliphatic rings. The van der Waals surface area contributed by atoms with Crippen LogP contribution in [-0.2, 0) is 59.3 Å². The van der Waals surface area contributed by atoms with Gasteiger partial charge in [0.15, 0.2) is 23.8 Å². The molecule has 0 spiro atoms. The standard InChI is InChI=1S/C66H115N25O13/c1-36-37(2)39(4)52-51(38(36)3)61(103)91(62(52)104)35-50(94)77-29-15-8-10-26-48(92)86-44(22-13-17-31-79-63(69)70)57(99)78-30-16-9-11-27-49(93)87-45(23-18-32-80-64(71)72)58(100)83-41(6)55(97)89-47(25-20-34-82-66(75)76)60(102)85-42(7)56(98)90-46(24-19-33-81-65(73)74)59(101)84-40(5)54(96)88-43(53(68)95)21-12-14-28-67/h40-47,103-104H,3-4,8-35,67H2,1-2,5-7H3,(H2,68,95)(H,77,94)(H,78,99)(H,83,100)(H,84,101)(H,85,102)(H,86,92)(H,87,93)(H,88,96)(H,89,97)(H,90,98)(H4,69,70,79)(H4,71,72,80)(H4,73,74,81)(H4,75,76,82). The summed E-state index contributed by atoms with van der Waals surface area (Å²) in [5, 5.41) is 50.1. The molecular formula is C66H115N25O13. The number of nitrogens with zero attached hydrogens (tertiary/aromatic N) is 5. The molecular weight excluding hydrogens is 1350 g/mol. The normalized spacial score (nSPS) is 13.2. The number of hydrogen-bond acceptors (Lipinski definition) is 18. The Morgan fingerprint density at radius 2 is 0.712 bits per heavy atom.